The van der Waals surface area contributed by atoms with Crippen molar-refractivity contribution in [3.63, 3.8) is 0 Å². The summed E-state index contributed by atoms with van der Waals surface area (Å²) in [6, 6.07) is 1.76. The average molecular weight is 218 g/mol. The number of carbonyl (C=O) groups excluding carboxylic acids is 2. The largest absolute Gasteiger partial charge is 0.468 e. The molecule has 3 heteroatoms. The molecule has 84 valence electrons. The van der Waals surface area contributed by atoms with E-state index in [1.807, 2.05) is 0 Å². The van der Waals surface area contributed by atoms with Gasteiger partial charge in [-0.15, -0.1) is 0 Å². The van der Waals surface area contributed by atoms with Crippen LogP contribution in [0.15, 0.2) is 16.7 Å². The summed E-state index contributed by atoms with van der Waals surface area (Å²) in [7, 11) is 0. The molecule has 16 heavy (non-hydrogen) atoms. The number of rotatable bonds is 0. The van der Waals surface area contributed by atoms with Crippen LogP contribution < -0.4 is 0 Å². The fourth-order valence-electron chi connectivity index (χ4n) is 3.15. The topological polar surface area (TPSA) is 47.3 Å². The highest BCUT2D eigenvalue weighted by molar-refractivity contribution is 6.03. The van der Waals surface area contributed by atoms with Gasteiger partial charge in [-0.25, -0.2) is 0 Å². The summed E-state index contributed by atoms with van der Waals surface area (Å²) >= 11 is 0. The normalized spacial score (nSPS) is 33.4. The summed E-state index contributed by atoms with van der Waals surface area (Å²) < 4.78 is 5.48. The number of hydrogen-bond donors (Lipinski definition) is 0. The Hall–Kier alpha value is -1.38. The highest BCUT2D eigenvalue weighted by Crippen LogP contribution is 2.49. The van der Waals surface area contributed by atoms with Crippen LogP contribution in [0.2, 0.25) is 0 Å². The lowest BCUT2D eigenvalue weighted by Crippen LogP contribution is -2.29. The fraction of sp³-hybridized carbons (Fsp3) is 0.538. The van der Waals surface area contributed by atoms with Gasteiger partial charge < -0.3 is 4.42 Å². The van der Waals surface area contributed by atoms with Crippen LogP contribution in [0.3, 0.4) is 0 Å². The zero-order valence-corrected chi connectivity index (χ0v) is 9.29. The Morgan fingerprint density at radius 2 is 2.19 bits per heavy atom. The monoisotopic (exact) mass is 218 g/mol. The van der Waals surface area contributed by atoms with Gasteiger partial charge in [0, 0.05) is 24.2 Å². The van der Waals surface area contributed by atoms with Crippen LogP contribution >= 0.6 is 0 Å². The van der Waals surface area contributed by atoms with Crippen LogP contribution in [0.1, 0.15) is 48.7 Å². The molecule has 0 spiro atoms. The lowest BCUT2D eigenvalue weighted by Gasteiger charge is -2.27. The minimum absolute atomic E-state index is 0.0473. The Balaban J connectivity index is 2.10. The smallest absolute Gasteiger partial charge is 0.170 e. The van der Waals surface area contributed by atoms with Gasteiger partial charge >= 0.3 is 0 Å². The van der Waals surface area contributed by atoms with E-state index < -0.39 is 0 Å². The van der Waals surface area contributed by atoms with Crippen LogP contribution in [0.4, 0.5) is 0 Å². The van der Waals surface area contributed by atoms with Crippen molar-refractivity contribution in [3.8, 4) is 0 Å². The molecule has 0 radical (unpaired) electrons. The first kappa shape index (κ1) is 9.82. The first-order valence-corrected chi connectivity index (χ1v) is 5.77. The summed E-state index contributed by atoms with van der Waals surface area (Å²) in [5, 5.41) is 0. The molecule has 3 rings (SSSR count). The molecule has 2 aliphatic rings. The van der Waals surface area contributed by atoms with E-state index in [9.17, 15) is 9.59 Å². The van der Waals surface area contributed by atoms with E-state index in [2.05, 4.69) is 6.92 Å². The van der Waals surface area contributed by atoms with Crippen LogP contribution in [0.25, 0.3) is 0 Å². The third-order valence-corrected chi connectivity index (χ3v) is 4.17. The van der Waals surface area contributed by atoms with Gasteiger partial charge in [0.15, 0.2) is 5.78 Å². The van der Waals surface area contributed by atoms with E-state index in [1.165, 1.54) is 0 Å². The lowest BCUT2D eigenvalue weighted by atomic mass is 9.75. The molecule has 1 heterocycles. The summed E-state index contributed by atoms with van der Waals surface area (Å²) in [5.41, 5.74) is 0.490. The van der Waals surface area contributed by atoms with Crippen molar-refractivity contribution < 1.29 is 14.0 Å². The molecule has 3 nitrogen and oxygen atoms in total. The van der Waals surface area contributed by atoms with Gasteiger partial charge in [-0.05, 0) is 18.9 Å². The first-order chi connectivity index (χ1) is 7.63. The second-order valence-electron chi connectivity index (χ2n) is 5.08. The highest BCUT2D eigenvalue weighted by Gasteiger charge is 2.52. The number of carbonyl (C=O) groups is 2. The first-order valence-electron chi connectivity index (χ1n) is 5.77. The molecular weight excluding hydrogens is 204 g/mol. The van der Waals surface area contributed by atoms with Crippen molar-refractivity contribution in [2.45, 2.75) is 38.0 Å². The van der Waals surface area contributed by atoms with Gasteiger partial charge in [0.05, 0.1) is 11.8 Å². The van der Waals surface area contributed by atoms with E-state index in [0.29, 0.717) is 19.3 Å². The highest BCUT2D eigenvalue weighted by atomic mass is 16.3. The predicted octanol–water partition coefficient (Wildman–Crippen LogP) is 2.49. The maximum absolute atomic E-state index is 12.2. The number of fused-ring (bicyclic) bond motifs is 3. The van der Waals surface area contributed by atoms with Gasteiger partial charge in [-0.1, -0.05) is 6.92 Å². The van der Waals surface area contributed by atoms with Crippen LogP contribution in [-0.4, -0.2) is 11.6 Å². The lowest BCUT2D eigenvalue weighted by molar-refractivity contribution is -0.119. The van der Waals surface area contributed by atoms with Gasteiger partial charge in [0.25, 0.3) is 0 Å². The molecule has 0 bridgehead atoms. The molecule has 0 saturated heterocycles. The molecule has 0 amide bonds. The maximum Gasteiger partial charge on any atom is 0.170 e. The molecule has 2 unspecified atom stereocenters. The molecule has 1 saturated carbocycles. The van der Waals surface area contributed by atoms with Gasteiger partial charge in [-0.3, -0.25) is 9.59 Å². The van der Waals surface area contributed by atoms with Crippen molar-refractivity contribution in [1.82, 2.24) is 0 Å². The molecule has 0 aromatic carbocycles. The van der Waals surface area contributed by atoms with Gasteiger partial charge in [-0.2, -0.15) is 0 Å². The van der Waals surface area contributed by atoms with Crippen molar-refractivity contribution in [1.29, 1.82) is 0 Å². The molecule has 0 N–H and O–H groups in total. The maximum atomic E-state index is 12.2. The summed E-state index contributed by atoms with van der Waals surface area (Å²) in [5.74, 6) is 1.20. The molecule has 2 aliphatic carbocycles. The molecular formula is C13H14O3. The van der Waals surface area contributed by atoms with Crippen molar-refractivity contribution in [2.24, 2.45) is 5.92 Å². The zero-order valence-electron chi connectivity index (χ0n) is 9.29. The minimum Gasteiger partial charge on any atom is -0.468 e. The van der Waals surface area contributed by atoms with Crippen molar-refractivity contribution in [2.75, 3.05) is 0 Å². The third-order valence-electron chi connectivity index (χ3n) is 4.17. The number of Topliss-reactive ketones (excluding diaryl/α,β-unsaturated/α-hetero) is 2. The predicted molar refractivity (Wildman–Crippen MR) is 57.4 cm³/mol. The van der Waals surface area contributed by atoms with Crippen molar-refractivity contribution in [3.05, 3.63) is 23.7 Å². The fourth-order valence-corrected chi connectivity index (χ4v) is 3.15. The van der Waals surface area contributed by atoms with Gasteiger partial charge in [0.2, 0.25) is 0 Å². The Bertz CT molecular complexity index is 471. The Morgan fingerprint density at radius 1 is 1.38 bits per heavy atom. The number of ketones is 2. The Kier molecular flexibility index (Phi) is 1.88. The average Bonchev–Trinajstić information content (AvgIpc) is 2.76. The van der Waals surface area contributed by atoms with E-state index in [0.717, 1.165) is 17.7 Å². The molecule has 1 aromatic rings. The SMILES string of the molecule is CC12CCC(=O)CCC1C(=O)c1ccoc12. The quantitative estimate of drug-likeness (QED) is 0.672. The van der Waals surface area contributed by atoms with Crippen LogP contribution in [-0.2, 0) is 10.2 Å². The molecule has 1 aromatic heterocycles. The number of furan rings is 1. The standard InChI is InChI=1S/C13H14O3/c1-13-6-4-8(14)2-3-10(13)11(15)9-5-7-16-12(9)13/h5,7,10H,2-4,6H2,1H3. The molecule has 2 atom stereocenters. The summed E-state index contributed by atoms with van der Waals surface area (Å²) in [6.07, 6.45) is 4.11. The third kappa shape index (κ3) is 1.09. The second kappa shape index (κ2) is 3.06. The van der Waals surface area contributed by atoms with Crippen LogP contribution in [0.5, 0.6) is 0 Å². The summed E-state index contributed by atoms with van der Waals surface area (Å²) in [4.78, 5) is 23.7. The van der Waals surface area contributed by atoms with E-state index in [1.54, 1.807) is 12.3 Å². The molecule has 0 aliphatic heterocycles. The number of hydrogen-bond acceptors (Lipinski definition) is 3. The Labute approximate surface area is 93.8 Å². The summed E-state index contributed by atoms with van der Waals surface area (Å²) in [6.45, 7) is 2.06. The second-order valence-corrected chi connectivity index (χ2v) is 5.08. The van der Waals surface area contributed by atoms with Crippen LogP contribution in [0, 0.1) is 5.92 Å². The van der Waals surface area contributed by atoms with E-state index >= 15 is 0 Å². The van der Waals surface area contributed by atoms with E-state index in [4.69, 9.17) is 4.42 Å². The zero-order chi connectivity index (χ0) is 11.3. The van der Waals surface area contributed by atoms with Gasteiger partial charge in [0.1, 0.15) is 11.5 Å². The Morgan fingerprint density at radius 3 is 3.00 bits per heavy atom. The van der Waals surface area contributed by atoms with Crippen molar-refractivity contribution >= 4 is 11.6 Å². The van der Waals surface area contributed by atoms with E-state index in [-0.39, 0.29) is 22.9 Å². The minimum atomic E-state index is -0.248. The molecule has 1 fully saturated rings.